The van der Waals surface area contributed by atoms with Crippen molar-refractivity contribution in [2.24, 2.45) is 0 Å². The molecule has 0 saturated heterocycles. The fourth-order valence-corrected chi connectivity index (χ4v) is 2.76. The first-order valence-corrected chi connectivity index (χ1v) is 8.41. The van der Waals surface area contributed by atoms with E-state index in [9.17, 15) is 4.39 Å². The lowest BCUT2D eigenvalue weighted by Crippen LogP contribution is -2.35. The Hall–Kier alpha value is -2.67. The summed E-state index contributed by atoms with van der Waals surface area (Å²) in [4.78, 5) is 6.04. The van der Waals surface area contributed by atoms with Crippen LogP contribution >= 0.6 is 12.2 Å². The molecule has 0 fully saturated rings. The second-order valence-electron chi connectivity index (χ2n) is 5.61. The van der Waals surface area contributed by atoms with Crippen LogP contribution in [0.4, 0.5) is 10.3 Å². The number of furan rings is 1. The Morgan fingerprint density at radius 2 is 2.24 bits per heavy atom. The lowest BCUT2D eigenvalue weighted by atomic mass is 10.2. The van der Waals surface area contributed by atoms with Crippen LogP contribution in [0.2, 0.25) is 0 Å². The molecule has 0 spiro atoms. The molecule has 1 N–H and O–H groups in total. The number of imidazole rings is 1. The number of thiocarbonyl (C=S) groups is 1. The number of rotatable bonds is 7. The SMILES string of the molecule is Fc1cccc(CN(CCCn2ccnc2)C(=S)Nc2ccco2)c1. The third-order valence-electron chi connectivity index (χ3n) is 3.70. The maximum absolute atomic E-state index is 13.5. The first-order chi connectivity index (χ1) is 12.2. The second kappa shape index (κ2) is 8.43. The molecule has 3 aromatic rings. The molecule has 0 unspecified atom stereocenters. The number of aryl methyl sites for hydroxylation is 1. The molecule has 0 atom stereocenters. The largest absolute Gasteiger partial charge is 0.449 e. The molecule has 0 radical (unpaired) electrons. The van der Waals surface area contributed by atoms with Crippen molar-refractivity contribution in [3.63, 3.8) is 0 Å². The van der Waals surface area contributed by atoms with Crippen molar-refractivity contribution in [2.75, 3.05) is 11.9 Å². The van der Waals surface area contributed by atoms with Gasteiger partial charge in [-0.1, -0.05) is 12.1 Å². The van der Waals surface area contributed by atoms with E-state index in [0.717, 1.165) is 25.1 Å². The lowest BCUT2D eigenvalue weighted by Gasteiger charge is -2.25. The van der Waals surface area contributed by atoms with Gasteiger partial charge >= 0.3 is 0 Å². The smallest absolute Gasteiger partial charge is 0.198 e. The summed E-state index contributed by atoms with van der Waals surface area (Å²) in [7, 11) is 0. The zero-order valence-electron chi connectivity index (χ0n) is 13.6. The summed E-state index contributed by atoms with van der Waals surface area (Å²) in [6, 6.07) is 10.2. The molecule has 130 valence electrons. The predicted molar refractivity (Wildman–Crippen MR) is 98.6 cm³/mol. The first kappa shape index (κ1) is 17.2. The van der Waals surface area contributed by atoms with Gasteiger partial charge in [-0.3, -0.25) is 0 Å². The van der Waals surface area contributed by atoms with E-state index >= 15 is 0 Å². The van der Waals surface area contributed by atoms with Crippen molar-refractivity contribution in [3.8, 4) is 0 Å². The number of hydrogen-bond acceptors (Lipinski definition) is 3. The van der Waals surface area contributed by atoms with Gasteiger partial charge in [0.15, 0.2) is 11.0 Å². The number of hydrogen-bond donors (Lipinski definition) is 1. The molecular formula is C18H19FN4OS. The van der Waals surface area contributed by atoms with Crippen LogP contribution in [-0.4, -0.2) is 26.1 Å². The highest BCUT2D eigenvalue weighted by Gasteiger charge is 2.12. The Bertz CT molecular complexity index is 789. The van der Waals surface area contributed by atoms with Gasteiger partial charge < -0.3 is 19.2 Å². The molecule has 3 rings (SSSR count). The summed E-state index contributed by atoms with van der Waals surface area (Å²) in [5.74, 6) is 0.338. The lowest BCUT2D eigenvalue weighted by molar-refractivity contribution is 0.394. The van der Waals surface area contributed by atoms with Crippen LogP contribution in [-0.2, 0) is 13.1 Å². The highest BCUT2D eigenvalue weighted by molar-refractivity contribution is 7.80. The molecule has 7 heteroatoms. The van der Waals surface area contributed by atoms with Gasteiger partial charge in [0, 0.05) is 38.1 Å². The summed E-state index contributed by atoms with van der Waals surface area (Å²) in [6.45, 7) is 2.08. The van der Waals surface area contributed by atoms with Crippen molar-refractivity contribution in [1.29, 1.82) is 0 Å². The summed E-state index contributed by atoms with van der Waals surface area (Å²) >= 11 is 5.51. The van der Waals surface area contributed by atoms with Gasteiger partial charge in [-0.2, -0.15) is 0 Å². The van der Waals surface area contributed by atoms with E-state index in [1.165, 1.54) is 12.1 Å². The van der Waals surface area contributed by atoms with Crippen molar-refractivity contribution >= 4 is 23.2 Å². The van der Waals surface area contributed by atoms with E-state index in [1.54, 1.807) is 37.0 Å². The molecule has 1 aromatic carbocycles. The quantitative estimate of drug-likeness (QED) is 0.649. The fourth-order valence-electron chi connectivity index (χ4n) is 2.51. The number of nitrogens with zero attached hydrogens (tertiary/aromatic N) is 3. The monoisotopic (exact) mass is 358 g/mol. The third kappa shape index (κ3) is 5.15. The minimum atomic E-state index is -0.249. The van der Waals surface area contributed by atoms with Gasteiger partial charge in [-0.25, -0.2) is 9.37 Å². The maximum atomic E-state index is 13.5. The average molecular weight is 358 g/mol. The molecule has 25 heavy (non-hydrogen) atoms. The molecule has 0 amide bonds. The number of halogens is 1. The molecular weight excluding hydrogens is 339 g/mol. The van der Waals surface area contributed by atoms with E-state index in [4.69, 9.17) is 16.6 Å². The van der Waals surface area contributed by atoms with Crippen molar-refractivity contribution in [2.45, 2.75) is 19.5 Å². The van der Waals surface area contributed by atoms with Gasteiger partial charge in [0.2, 0.25) is 0 Å². The molecule has 0 aliphatic rings. The van der Waals surface area contributed by atoms with E-state index < -0.39 is 0 Å². The standard InChI is InChI=1S/C18H19FN4OS/c19-16-5-1-4-15(12-16)13-23(9-3-8-22-10-7-20-14-22)18(25)21-17-6-2-11-24-17/h1-2,4-7,10-12,14H,3,8-9,13H2,(H,21,25). The summed E-state index contributed by atoms with van der Waals surface area (Å²) in [6.07, 6.45) is 7.94. The second-order valence-corrected chi connectivity index (χ2v) is 6.00. The Labute approximate surface area is 151 Å². The Morgan fingerprint density at radius 3 is 2.96 bits per heavy atom. The molecule has 5 nitrogen and oxygen atoms in total. The maximum Gasteiger partial charge on any atom is 0.198 e. The molecule has 0 aliphatic heterocycles. The molecule has 0 bridgehead atoms. The van der Waals surface area contributed by atoms with Gasteiger partial charge in [-0.15, -0.1) is 0 Å². The highest BCUT2D eigenvalue weighted by atomic mass is 32.1. The number of aromatic nitrogens is 2. The van der Waals surface area contributed by atoms with Crippen LogP contribution in [0.3, 0.4) is 0 Å². The number of nitrogens with one attached hydrogen (secondary N) is 1. The normalized spacial score (nSPS) is 10.6. The Balaban J connectivity index is 1.64. The van der Waals surface area contributed by atoms with E-state index in [-0.39, 0.29) is 5.82 Å². The van der Waals surface area contributed by atoms with Crippen LogP contribution in [0.25, 0.3) is 0 Å². The number of benzene rings is 1. The van der Waals surface area contributed by atoms with Crippen molar-refractivity contribution in [1.82, 2.24) is 14.5 Å². The highest BCUT2D eigenvalue weighted by Crippen LogP contribution is 2.12. The first-order valence-electron chi connectivity index (χ1n) is 8.00. The Morgan fingerprint density at radius 1 is 1.32 bits per heavy atom. The summed E-state index contributed by atoms with van der Waals surface area (Å²) in [5, 5.41) is 3.62. The van der Waals surface area contributed by atoms with Gasteiger partial charge in [0.1, 0.15) is 5.82 Å². The summed E-state index contributed by atoms with van der Waals surface area (Å²) in [5.41, 5.74) is 0.867. The minimum Gasteiger partial charge on any atom is -0.449 e. The van der Waals surface area contributed by atoms with Crippen LogP contribution in [0, 0.1) is 5.82 Å². The van der Waals surface area contributed by atoms with Gasteiger partial charge in [0.25, 0.3) is 0 Å². The summed E-state index contributed by atoms with van der Waals surface area (Å²) < 4.78 is 20.8. The van der Waals surface area contributed by atoms with E-state index in [0.29, 0.717) is 17.5 Å². The zero-order chi connectivity index (χ0) is 17.5. The third-order valence-corrected chi connectivity index (χ3v) is 4.06. The van der Waals surface area contributed by atoms with Crippen LogP contribution in [0.15, 0.2) is 65.8 Å². The van der Waals surface area contributed by atoms with Gasteiger partial charge in [-0.05, 0) is 42.4 Å². The van der Waals surface area contributed by atoms with Crippen molar-refractivity contribution < 1.29 is 8.81 Å². The van der Waals surface area contributed by atoms with E-state index in [2.05, 4.69) is 10.3 Å². The Kier molecular flexibility index (Phi) is 5.79. The molecule has 2 aromatic heterocycles. The topological polar surface area (TPSA) is 46.2 Å². The molecule has 2 heterocycles. The van der Waals surface area contributed by atoms with Crippen molar-refractivity contribution in [3.05, 3.63) is 72.8 Å². The van der Waals surface area contributed by atoms with Crippen LogP contribution in [0.1, 0.15) is 12.0 Å². The van der Waals surface area contributed by atoms with Crippen LogP contribution < -0.4 is 5.32 Å². The average Bonchev–Trinajstić information content (AvgIpc) is 3.28. The molecule has 0 aliphatic carbocycles. The zero-order valence-corrected chi connectivity index (χ0v) is 14.5. The number of anilines is 1. The van der Waals surface area contributed by atoms with E-state index in [1.807, 2.05) is 21.7 Å². The minimum absolute atomic E-state index is 0.249. The van der Waals surface area contributed by atoms with Crippen LogP contribution in [0.5, 0.6) is 0 Å². The molecule has 0 saturated carbocycles. The van der Waals surface area contributed by atoms with Gasteiger partial charge in [0.05, 0.1) is 12.6 Å². The predicted octanol–water partition coefficient (Wildman–Crippen LogP) is 3.90. The fraction of sp³-hybridized carbons (Fsp3) is 0.222.